The number of hydrogen-bond donors (Lipinski definition) is 3. The predicted octanol–water partition coefficient (Wildman–Crippen LogP) is 3.13. The maximum Gasteiger partial charge on any atom is 0.407 e. The summed E-state index contributed by atoms with van der Waals surface area (Å²) in [5.74, 6) is -3.00. The van der Waals surface area contributed by atoms with E-state index in [9.17, 15) is 24.6 Å². The van der Waals surface area contributed by atoms with Crippen LogP contribution >= 0.6 is 0 Å². The van der Waals surface area contributed by atoms with Crippen molar-refractivity contribution < 1.29 is 29.3 Å². The minimum Gasteiger partial charge on any atom is -0.480 e. The highest BCUT2D eigenvalue weighted by Crippen LogP contribution is 2.47. The molecule has 24 heavy (non-hydrogen) atoms. The second kappa shape index (κ2) is 6.61. The van der Waals surface area contributed by atoms with Gasteiger partial charge >= 0.3 is 18.0 Å². The van der Waals surface area contributed by atoms with Crippen LogP contribution in [0.15, 0.2) is 0 Å². The maximum absolute atomic E-state index is 12.2. The topological polar surface area (TPSA) is 113 Å². The van der Waals surface area contributed by atoms with E-state index >= 15 is 0 Å². The quantitative estimate of drug-likeness (QED) is 0.675. The zero-order valence-corrected chi connectivity index (χ0v) is 16.1. The average molecular weight is 345 g/mol. The molecule has 0 saturated carbocycles. The highest BCUT2D eigenvalue weighted by atomic mass is 16.6. The molecule has 0 aliphatic heterocycles. The molecule has 0 aromatic carbocycles. The van der Waals surface area contributed by atoms with E-state index < -0.39 is 45.9 Å². The molecule has 0 bridgehead atoms. The van der Waals surface area contributed by atoms with Gasteiger partial charge in [-0.25, -0.2) is 4.79 Å². The summed E-state index contributed by atoms with van der Waals surface area (Å²) in [6.45, 7) is 14.7. The first-order valence-corrected chi connectivity index (χ1v) is 7.83. The third-order valence-electron chi connectivity index (χ3n) is 3.82. The van der Waals surface area contributed by atoms with Gasteiger partial charge in [-0.2, -0.15) is 0 Å². The molecule has 0 aromatic rings. The SMILES string of the molecule is CC(C)(C)OC(=O)NC(C(C)(C)C)C(C(=O)O)(C(=O)O)C(C)(C)C. The Bertz CT molecular complexity index is 491. The van der Waals surface area contributed by atoms with Crippen LogP contribution in [0.3, 0.4) is 0 Å². The third-order valence-corrected chi connectivity index (χ3v) is 3.82. The molecule has 0 spiro atoms. The van der Waals surface area contributed by atoms with Crippen molar-refractivity contribution in [1.82, 2.24) is 5.32 Å². The molecule has 0 rings (SSSR count). The number of nitrogens with one attached hydrogen (secondary N) is 1. The van der Waals surface area contributed by atoms with Crippen molar-refractivity contribution in [3.05, 3.63) is 0 Å². The molecule has 0 radical (unpaired) electrons. The Labute approximate surface area is 143 Å². The first-order valence-electron chi connectivity index (χ1n) is 7.83. The first kappa shape index (κ1) is 22.2. The van der Waals surface area contributed by atoms with Crippen LogP contribution in [0.1, 0.15) is 62.3 Å². The Kier molecular flexibility index (Phi) is 6.11. The van der Waals surface area contributed by atoms with E-state index in [0.717, 1.165) is 0 Å². The molecule has 1 atom stereocenters. The number of hydrogen-bond acceptors (Lipinski definition) is 4. The van der Waals surface area contributed by atoms with Crippen LogP contribution in [0, 0.1) is 16.2 Å². The van der Waals surface area contributed by atoms with Crippen LogP contribution in [0.5, 0.6) is 0 Å². The van der Waals surface area contributed by atoms with Crippen molar-refractivity contribution >= 4 is 18.0 Å². The predicted molar refractivity (Wildman–Crippen MR) is 89.8 cm³/mol. The van der Waals surface area contributed by atoms with Crippen LogP contribution in [-0.4, -0.2) is 39.9 Å². The number of carbonyl (C=O) groups excluding carboxylic acids is 1. The standard InChI is InChI=1S/C17H31NO6/c1-14(2,3)10(18-13(23)24-16(7,8)9)17(11(19)20,12(21)22)15(4,5)6/h10H,1-9H3,(H,18,23)(H,19,20)(H,21,22). The Morgan fingerprint density at radius 2 is 1.21 bits per heavy atom. The fourth-order valence-electron chi connectivity index (χ4n) is 2.81. The summed E-state index contributed by atoms with van der Waals surface area (Å²) in [5.41, 5.74) is -5.04. The molecule has 0 fully saturated rings. The minimum atomic E-state index is -2.23. The fourth-order valence-corrected chi connectivity index (χ4v) is 2.81. The summed E-state index contributed by atoms with van der Waals surface area (Å²) >= 11 is 0. The number of amides is 1. The maximum atomic E-state index is 12.2. The van der Waals surface area contributed by atoms with E-state index in [-0.39, 0.29) is 0 Å². The van der Waals surface area contributed by atoms with Gasteiger partial charge in [-0.05, 0) is 31.6 Å². The van der Waals surface area contributed by atoms with Crippen molar-refractivity contribution in [1.29, 1.82) is 0 Å². The lowest BCUT2D eigenvalue weighted by Crippen LogP contribution is -2.66. The van der Waals surface area contributed by atoms with Crippen LogP contribution < -0.4 is 5.32 Å². The van der Waals surface area contributed by atoms with Crippen LogP contribution in [-0.2, 0) is 14.3 Å². The van der Waals surface area contributed by atoms with Crippen LogP contribution in [0.2, 0.25) is 0 Å². The van der Waals surface area contributed by atoms with E-state index in [1.54, 1.807) is 41.5 Å². The van der Waals surface area contributed by atoms with E-state index in [2.05, 4.69) is 5.32 Å². The number of rotatable bonds is 4. The van der Waals surface area contributed by atoms with E-state index in [1.807, 2.05) is 0 Å². The third kappa shape index (κ3) is 4.61. The van der Waals surface area contributed by atoms with Gasteiger partial charge in [0.1, 0.15) is 5.60 Å². The molecule has 0 saturated heterocycles. The second-order valence-corrected chi connectivity index (χ2v) is 9.11. The highest BCUT2D eigenvalue weighted by Gasteiger charge is 2.64. The van der Waals surface area contributed by atoms with E-state index in [0.29, 0.717) is 0 Å². The van der Waals surface area contributed by atoms with Gasteiger partial charge in [-0.3, -0.25) is 9.59 Å². The van der Waals surface area contributed by atoms with Crippen molar-refractivity contribution in [2.24, 2.45) is 16.2 Å². The molecule has 7 nitrogen and oxygen atoms in total. The van der Waals surface area contributed by atoms with Gasteiger partial charge in [0.05, 0.1) is 6.04 Å². The lowest BCUT2D eigenvalue weighted by molar-refractivity contribution is -0.180. The number of ether oxygens (including phenoxy) is 1. The number of carbonyl (C=O) groups is 3. The smallest absolute Gasteiger partial charge is 0.407 e. The number of alkyl carbamates (subject to hydrolysis) is 1. The molecular weight excluding hydrogens is 314 g/mol. The Morgan fingerprint density at radius 1 is 0.833 bits per heavy atom. The number of carboxylic acid groups (broad SMARTS) is 2. The van der Waals surface area contributed by atoms with Gasteiger partial charge in [-0.1, -0.05) is 41.5 Å². The van der Waals surface area contributed by atoms with Gasteiger partial charge in [0.15, 0.2) is 5.41 Å². The largest absolute Gasteiger partial charge is 0.480 e. The molecule has 1 unspecified atom stereocenters. The molecule has 0 aliphatic rings. The normalized spacial score (nSPS) is 14.7. The van der Waals surface area contributed by atoms with Crippen molar-refractivity contribution in [3.8, 4) is 0 Å². The Morgan fingerprint density at radius 3 is 1.42 bits per heavy atom. The summed E-state index contributed by atoms with van der Waals surface area (Å²) in [7, 11) is 0. The minimum absolute atomic E-state index is 0.788. The highest BCUT2D eigenvalue weighted by molar-refractivity contribution is 6.00. The molecule has 3 N–H and O–H groups in total. The molecule has 7 heteroatoms. The van der Waals surface area contributed by atoms with Crippen molar-refractivity contribution in [2.75, 3.05) is 0 Å². The average Bonchev–Trinajstić information content (AvgIpc) is 2.20. The molecular formula is C17H31NO6. The second-order valence-electron chi connectivity index (χ2n) is 9.11. The lowest BCUT2D eigenvalue weighted by Gasteiger charge is -2.48. The monoisotopic (exact) mass is 345 g/mol. The molecule has 0 aromatic heterocycles. The summed E-state index contributed by atoms with van der Waals surface area (Å²) in [6.07, 6.45) is -0.849. The van der Waals surface area contributed by atoms with Crippen LogP contribution in [0.25, 0.3) is 0 Å². The van der Waals surface area contributed by atoms with E-state index in [4.69, 9.17) is 4.74 Å². The van der Waals surface area contributed by atoms with Crippen molar-refractivity contribution in [3.63, 3.8) is 0 Å². The molecule has 0 heterocycles. The van der Waals surface area contributed by atoms with E-state index in [1.165, 1.54) is 20.8 Å². The zero-order valence-electron chi connectivity index (χ0n) is 16.1. The molecule has 0 aliphatic carbocycles. The summed E-state index contributed by atoms with van der Waals surface area (Å²) < 4.78 is 5.19. The number of carboxylic acids is 2. The van der Waals surface area contributed by atoms with Gasteiger partial charge in [0.25, 0.3) is 0 Å². The van der Waals surface area contributed by atoms with Gasteiger partial charge < -0.3 is 20.3 Å². The zero-order chi connectivity index (χ0) is 19.7. The molecule has 140 valence electrons. The Hall–Kier alpha value is -1.79. The first-order chi connectivity index (χ1) is 10.4. The molecule has 1 amide bonds. The fraction of sp³-hybridized carbons (Fsp3) is 0.824. The van der Waals surface area contributed by atoms with Crippen molar-refractivity contribution in [2.45, 2.75) is 74.0 Å². The number of aliphatic carboxylic acids is 2. The van der Waals surface area contributed by atoms with Gasteiger partial charge in [-0.15, -0.1) is 0 Å². The van der Waals surface area contributed by atoms with Crippen LogP contribution in [0.4, 0.5) is 4.79 Å². The summed E-state index contributed by atoms with van der Waals surface area (Å²) in [5, 5.41) is 22.2. The summed E-state index contributed by atoms with van der Waals surface area (Å²) in [6, 6.07) is -1.20. The summed E-state index contributed by atoms with van der Waals surface area (Å²) in [4.78, 5) is 36.4. The Balaban J connectivity index is 6.25. The lowest BCUT2D eigenvalue weighted by atomic mass is 9.57. The van der Waals surface area contributed by atoms with Gasteiger partial charge in [0.2, 0.25) is 0 Å². The van der Waals surface area contributed by atoms with Gasteiger partial charge in [0, 0.05) is 0 Å².